The average molecular weight is 324 g/mol. The molecule has 0 amide bonds. The number of benzene rings is 2. The third kappa shape index (κ3) is 3.40. The topological polar surface area (TPSA) is 57.9 Å². The Labute approximate surface area is 138 Å². The summed E-state index contributed by atoms with van der Waals surface area (Å²) in [4.78, 5) is 18.2. The van der Waals surface area contributed by atoms with E-state index in [1.54, 1.807) is 7.11 Å². The smallest absolute Gasteiger partial charge is 0.255 e. The van der Waals surface area contributed by atoms with Crippen molar-refractivity contribution in [1.82, 2.24) is 9.97 Å². The molecule has 5 heteroatoms. The molecular formula is C18H16N2O2S. The van der Waals surface area contributed by atoms with Crippen LogP contribution in [0.5, 0.6) is 5.75 Å². The molecule has 3 rings (SSSR count). The third-order valence-corrected chi connectivity index (χ3v) is 3.85. The maximum absolute atomic E-state index is 12.4. The number of H-pyrrole nitrogens is 2. The number of methoxy groups -OCH3 is 1. The molecule has 0 aliphatic carbocycles. The van der Waals surface area contributed by atoms with Crippen molar-refractivity contribution in [1.29, 1.82) is 0 Å². The molecule has 0 unspecified atom stereocenters. The number of aromatic amines is 2. The highest BCUT2D eigenvalue weighted by atomic mass is 32.1. The summed E-state index contributed by atoms with van der Waals surface area (Å²) in [5, 5.41) is 0. The van der Waals surface area contributed by atoms with Crippen LogP contribution < -0.4 is 10.3 Å². The Kier molecular flexibility index (Phi) is 4.39. The maximum atomic E-state index is 12.4. The lowest BCUT2D eigenvalue weighted by atomic mass is 10.0. The minimum absolute atomic E-state index is 0.163. The summed E-state index contributed by atoms with van der Waals surface area (Å²) in [6.07, 6.45) is 0.510. The molecule has 0 aliphatic rings. The van der Waals surface area contributed by atoms with Gasteiger partial charge >= 0.3 is 0 Å². The van der Waals surface area contributed by atoms with Gasteiger partial charge in [-0.2, -0.15) is 0 Å². The van der Waals surface area contributed by atoms with Gasteiger partial charge in [-0.05, 0) is 35.5 Å². The lowest BCUT2D eigenvalue weighted by Crippen LogP contribution is -2.16. The second kappa shape index (κ2) is 6.62. The summed E-state index contributed by atoms with van der Waals surface area (Å²) in [5.41, 5.74) is 3.22. The van der Waals surface area contributed by atoms with Crippen molar-refractivity contribution in [2.75, 3.05) is 7.11 Å². The van der Waals surface area contributed by atoms with Gasteiger partial charge in [0, 0.05) is 12.0 Å². The van der Waals surface area contributed by atoms with Crippen LogP contribution in [0.3, 0.4) is 0 Å². The predicted octanol–water partition coefficient (Wildman–Crippen LogP) is 3.70. The molecule has 0 radical (unpaired) electrons. The summed E-state index contributed by atoms with van der Waals surface area (Å²) in [5.74, 6) is 0.790. The summed E-state index contributed by atoms with van der Waals surface area (Å²) in [6, 6.07) is 17.4. The second-order valence-electron chi connectivity index (χ2n) is 5.15. The first-order valence-corrected chi connectivity index (χ1v) is 7.62. The maximum Gasteiger partial charge on any atom is 0.255 e. The van der Waals surface area contributed by atoms with Gasteiger partial charge in [-0.15, -0.1) is 0 Å². The van der Waals surface area contributed by atoms with E-state index in [0.29, 0.717) is 16.8 Å². The Morgan fingerprint density at radius 2 is 1.70 bits per heavy atom. The predicted molar refractivity (Wildman–Crippen MR) is 93.5 cm³/mol. The van der Waals surface area contributed by atoms with Gasteiger partial charge in [-0.3, -0.25) is 9.78 Å². The molecule has 0 atom stereocenters. The Morgan fingerprint density at radius 1 is 1.00 bits per heavy atom. The van der Waals surface area contributed by atoms with Crippen molar-refractivity contribution in [3.05, 3.63) is 80.8 Å². The van der Waals surface area contributed by atoms with Crippen LogP contribution in [0, 0.1) is 4.77 Å². The molecular weight excluding hydrogens is 308 g/mol. The number of rotatable bonds is 4. The molecule has 23 heavy (non-hydrogen) atoms. The molecule has 2 aromatic carbocycles. The van der Waals surface area contributed by atoms with Gasteiger partial charge in [0.2, 0.25) is 0 Å². The highest BCUT2D eigenvalue weighted by molar-refractivity contribution is 7.71. The summed E-state index contributed by atoms with van der Waals surface area (Å²) in [6.45, 7) is 0. The summed E-state index contributed by atoms with van der Waals surface area (Å²) in [7, 11) is 1.63. The lowest BCUT2D eigenvalue weighted by molar-refractivity contribution is 0.414. The van der Waals surface area contributed by atoms with Crippen LogP contribution >= 0.6 is 12.2 Å². The molecule has 0 fully saturated rings. The fourth-order valence-electron chi connectivity index (χ4n) is 2.48. The molecule has 4 nitrogen and oxygen atoms in total. The van der Waals surface area contributed by atoms with E-state index in [-0.39, 0.29) is 5.56 Å². The average Bonchev–Trinajstić information content (AvgIpc) is 2.58. The van der Waals surface area contributed by atoms with Crippen LogP contribution in [0.15, 0.2) is 59.4 Å². The molecule has 0 saturated heterocycles. The molecule has 116 valence electrons. The fourth-order valence-corrected chi connectivity index (χ4v) is 2.67. The van der Waals surface area contributed by atoms with Gasteiger partial charge < -0.3 is 9.72 Å². The standard InChI is InChI=1S/C18H16N2O2S/c1-22-14-9-7-12(8-10-14)11-15-16(13-5-3-2-4-6-13)19-18(23)20-17(15)21/h2-10H,11H2,1H3,(H2,19,20,21,23). The molecule has 2 N–H and O–H groups in total. The molecule has 0 spiro atoms. The number of ether oxygens (including phenoxy) is 1. The first kappa shape index (κ1) is 15.2. The van der Waals surface area contributed by atoms with E-state index in [0.717, 1.165) is 22.6 Å². The monoisotopic (exact) mass is 324 g/mol. The third-order valence-electron chi connectivity index (χ3n) is 3.64. The van der Waals surface area contributed by atoms with Crippen LogP contribution in [0.25, 0.3) is 11.3 Å². The molecule has 0 saturated carbocycles. The summed E-state index contributed by atoms with van der Waals surface area (Å²) >= 11 is 5.12. The van der Waals surface area contributed by atoms with Crippen molar-refractivity contribution < 1.29 is 4.74 Å². The molecule has 1 heterocycles. The fraction of sp³-hybridized carbons (Fsp3) is 0.111. The van der Waals surface area contributed by atoms with Crippen molar-refractivity contribution >= 4 is 12.2 Å². The lowest BCUT2D eigenvalue weighted by Gasteiger charge is -2.09. The first-order chi connectivity index (χ1) is 11.2. The second-order valence-corrected chi connectivity index (χ2v) is 5.56. The van der Waals surface area contributed by atoms with Crippen molar-refractivity contribution in [3.63, 3.8) is 0 Å². The van der Waals surface area contributed by atoms with E-state index in [9.17, 15) is 4.79 Å². The highest BCUT2D eigenvalue weighted by Gasteiger charge is 2.11. The van der Waals surface area contributed by atoms with Gasteiger partial charge in [0.1, 0.15) is 5.75 Å². The van der Waals surface area contributed by atoms with E-state index in [2.05, 4.69) is 9.97 Å². The van der Waals surface area contributed by atoms with Crippen molar-refractivity contribution in [2.24, 2.45) is 0 Å². The van der Waals surface area contributed by atoms with Gasteiger partial charge in [0.15, 0.2) is 4.77 Å². The zero-order chi connectivity index (χ0) is 16.2. The number of aromatic nitrogens is 2. The van der Waals surface area contributed by atoms with Crippen LogP contribution in [-0.2, 0) is 6.42 Å². The number of hydrogen-bond acceptors (Lipinski definition) is 3. The van der Waals surface area contributed by atoms with Crippen LogP contribution in [0.4, 0.5) is 0 Å². The molecule has 3 aromatic rings. The normalized spacial score (nSPS) is 10.5. The van der Waals surface area contributed by atoms with Gasteiger partial charge in [0.05, 0.1) is 12.8 Å². The van der Waals surface area contributed by atoms with Gasteiger partial charge in [-0.25, -0.2) is 0 Å². The van der Waals surface area contributed by atoms with Crippen LogP contribution in [0.1, 0.15) is 11.1 Å². The van der Waals surface area contributed by atoms with E-state index in [4.69, 9.17) is 17.0 Å². The van der Waals surface area contributed by atoms with Crippen molar-refractivity contribution in [2.45, 2.75) is 6.42 Å². The molecule has 0 bridgehead atoms. The summed E-state index contributed by atoms with van der Waals surface area (Å²) < 4.78 is 5.49. The molecule has 1 aromatic heterocycles. The quantitative estimate of drug-likeness (QED) is 0.720. The van der Waals surface area contributed by atoms with E-state index < -0.39 is 0 Å². The number of hydrogen-bond donors (Lipinski definition) is 2. The van der Waals surface area contributed by atoms with E-state index >= 15 is 0 Å². The minimum atomic E-state index is -0.163. The Hall–Kier alpha value is -2.66. The van der Waals surface area contributed by atoms with Crippen LogP contribution in [0.2, 0.25) is 0 Å². The Bertz CT molecular complexity index is 912. The van der Waals surface area contributed by atoms with Gasteiger partial charge in [-0.1, -0.05) is 42.5 Å². The highest BCUT2D eigenvalue weighted by Crippen LogP contribution is 2.21. The Morgan fingerprint density at radius 3 is 2.35 bits per heavy atom. The first-order valence-electron chi connectivity index (χ1n) is 7.21. The zero-order valence-electron chi connectivity index (χ0n) is 12.6. The van der Waals surface area contributed by atoms with E-state index in [1.807, 2.05) is 54.6 Å². The van der Waals surface area contributed by atoms with Crippen LogP contribution in [-0.4, -0.2) is 17.1 Å². The SMILES string of the molecule is COc1ccc(Cc2c(-c3ccccc3)[nH]c(=S)[nH]c2=O)cc1. The van der Waals surface area contributed by atoms with Gasteiger partial charge in [0.25, 0.3) is 5.56 Å². The Balaban J connectivity index is 2.07. The largest absolute Gasteiger partial charge is 0.497 e. The molecule has 0 aliphatic heterocycles. The number of nitrogens with one attached hydrogen (secondary N) is 2. The van der Waals surface area contributed by atoms with E-state index in [1.165, 1.54) is 0 Å². The minimum Gasteiger partial charge on any atom is -0.497 e. The zero-order valence-corrected chi connectivity index (χ0v) is 13.4. The van der Waals surface area contributed by atoms with Crippen molar-refractivity contribution in [3.8, 4) is 17.0 Å².